The topological polar surface area (TPSA) is 43.2 Å². The predicted octanol–water partition coefficient (Wildman–Crippen LogP) is 2.07. The second-order valence-corrected chi connectivity index (χ2v) is 6.18. The molecule has 1 atom stereocenters. The van der Waals surface area contributed by atoms with Crippen molar-refractivity contribution in [1.82, 2.24) is 19.7 Å². The fourth-order valence-corrected chi connectivity index (χ4v) is 3.49. The lowest BCUT2D eigenvalue weighted by Crippen LogP contribution is -2.39. The summed E-state index contributed by atoms with van der Waals surface area (Å²) in [5.74, 6) is 0. The van der Waals surface area contributed by atoms with Gasteiger partial charge < -0.3 is 4.74 Å². The van der Waals surface area contributed by atoms with E-state index >= 15 is 0 Å². The molecule has 6 heteroatoms. The highest BCUT2D eigenvalue weighted by atomic mass is 32.1. The van der Waals surface area contributed by atoms with Crippen molar-refractivity contribution in [1.29, 1.82) is 0 Å². The van der Waals surface area contributed by atoms with E-state index in [1.165, 1.54) is 11.3 Å². The zero-order chi connectivity index (χ0) is 14.1. The van der Waals surface area contributed by atoms with Crippen molar-refractivity contribution in [3.05, 3.63) is 33.5 Å². The lowest BCUT2D eigenvalue weighted by molar-refractivity contribution is -0.0139. The summed E-state index contributed by atoms with van der Waals surface area (Å²) in [5, 5.41) is 7.59. The Morgan fingerprint density at radius 2 is 2.30 bits per heavy atom. The minimum Gasteiger partial charge on any atom is -0.378 e. The van der Waals surface area contributed by atoms with Gasteiger partial charge in [0.2, 0.25) is 0 Å². The molecule has 2 aromatic rings. The molecule has 1 saturated heterocycles. The summed E-state index contributed by atoms with van der Waals surface area (Å²) in [6.07, 6.45) is 1.93. The van der Waals surface area contributed by atoms with Crippen LogP contribution >= 0.6 is 11.3 Å². The minimum atomic E-state index is 0.261. The van der Waals surface area contributed by atoms with E-state index in [0.717, 1.165) is 37.0 Å². The molecule has 0 aromatic carbocycles. The number of rotatable bonds is 3. The third-order valence-electron chi connectivity index (χ3n) is 3.78. The van der Waals surface area contributed by atoms with Crippen molar-refractivity contribution in [2.45, 2.75) is 26.4 Å². The Labute approximate surface area is 123 Å². The van der Waals surface area contributed by atoms with Crippen LogP contribution < -0.4 is 0 Å². The van der Waals surface area contributed by atoms with Gasteiger partial charge in [-0.25, -0.2) is 4.98 Å². The molecule has 1 fully saturated rings. The van der Waals surface area contributed by atoms with Crippen LogP contribution in [0.2, 0.25) is 0 Å². The molecular weight excluding hydrogens is 272 g/mol. The van der Waals surface area contributed by atoms with E-state index in [1.807, 2.05) is 24.9 Å². The summed E-state index contributed by atoms with van der Waals surface area (Å²) in [5.41, 5.74) is 3.60. The molecule has 0 spiro atoms. The first kappa shape index (κ1) is 13.7. The number of aromatic nitrogens is 3. The molecule has 5 nitrogen and oxygen atoms in total. The summed E-state index contributed by atoms with van der Waals surface area (Å²) < 4.78 is 7.63. The molecule has 3 heterocycles. The van der Waals surface area contributed by atoms with Crippen LogP contribution in [0, 0.1) is 13.8 Å². The molecule has 108 valence electrons. The first-order valence-electron chi connectivity index (χ1n) is 6.86. The lowest BCUT2D eigenvalue weighted by Gasteiger charge is -2.34. The SMILES string of the molecule is Cc1csc(C2COCCN2Cc2c(C)cnn2C)n1. The molecule has 2 aromatic heterocycles. The maximum Gasteiger partial charge on any atom is 0.112 e. The predicted molar refractivity (Wildman–Crippen MR) is 78.8 cm³/mol. The van der Waals surface area contributed by atoms with Crippen molar-refractivity contribution in [3.63, 3.8) is 0 Å². The molecule has 0 aliphatic carbocycles. The Balaban J connectivity index is 1.82. The first-order chi connectivity index (χ1) is 9.65. The highest BCUT2D eigenvalue weighted by Gasteiger charge is 2.28. The van der Waals surface area contributed by atoms with Crippen LogP contribution in [0.25, 0.3) is 0 Å². The lowest BCUT2D eigenvalue weighted by atomic mass is 10.2. The maximum atomic E-state index is 5.66. The number of ether oxygens (including phenoxy) is 1. The monoisotopic (exact) mass is 292 g/mol. The third-order valence-corrected chi connectivity index (χ3v) is 4.85. The summed E-state index contributed by atoms with van der Waals surface area (Å²) >= 11 is 1.73. The van der Waals surface area contributed by atoms with E-state index in [9.17, 15) is 0 Å². The summed E-state index contributed by atoms with van der Waals surface area (Å²) in [6, 6.07) is 0.261. The molecule has 20 heavy (non-hydrogen) atoms. The molecule has 0 amide bonds. The number of hydrogen-bond acceptors (Lipinski definition) is 5. The first-order valence-corrected chi connectivity index (χ1v) is 7.74. The van der Waals surface area contributed by atoms with Gasteiger partial charge in [0.05, 0.1) is 31.1 Å². The summed E-state index contributed by atoms with van der Waals surface area (Å²) in [6.45, 7) is 7.51. The smallest absolute Gasteiger partial charge is 0.112 e. The van der Waals surface area contributed by atoms with Crippen molar-refractivity contribution >= 4 is 11.3 Å². The molecule has 0 bridgehead atoms. The number of aryl methyl sites for hydroxylation is 3. The molecule has 3 rings (SSSR count). The van der Waals surface area contributed by atoms with Crippen molar-refractivity contribution < 1.29 is 4.74 Å². The van der Waals surface area contributed by atoms with Gasteiger partial charge in [0.15, 0.2) is 0 Å². The van der Waals surface area contributed by atoms with Gasteiger partial charge in [-0.3, -0.25) is 9.58 Å². The van der Waals surface area contributed by atoms with Crippen LogP contribution in [0.5, 0.6) is 0 Å². The van der Waals surface area contributed by atoms with Crippen molar-refractivity contribution in [2.75, 3.05) is 19.8 Å². The quantitative estimate of drug-likeness (QED) is 0.868. The van der Waals surface area contributed by atoms with E-state index in [-0.39, 0.29) is 6.04 Å². The Hall–Kier alpha value is -1.24. The molecule has 1 aliphatic rings. The average molecular weight is 292 g/mol. The van der Waals surface area contributed by atoms with Gasteiger partial charge >= 0.3 is 0 Å². The number of thiazole rings is 1. The van der Waals surface area contributed by atoms with Crippen molar-refractivity contribution in [2.24, 2.45) is 7.05 Å². The van der Waals surface area contributed by atoms with Crippen LogP contribution in [-0.4, -0.2) is 39.4 Å². The molecule has 0 N–H and O–H groups in total. The van der Waals surface area contributed by atoms with Gasteiger partial charge in [0.25, 0.3) is 0 Å². The number of morpholine rings is 1. The molecule has 0 saturated carbocycles. The van der Waals surface area contributed by atoms with Crippen LogP contribution in [0.4, 0.5) is 0 Å². The van der Waals surface area contributed by atoms with E-state index in [2.05, 4.69) is 27.3 Å². The molecular formula is C14H20N4OS. The number of nitrogens with zero attached hydrogens (tertiary/aromatic N) is 4. The zero-order valence-corrected chi connectivity index (χ0v) is 13.0. The highest BCUT2D eigenvalue weighted by molar-refractivity contribution is 7.09. The third kappa shape index (κ3) is 2.63. The summed E-state index contributed by atoms with van der Waals surface area (Å²) in [7, 11) is 2.01. The second kappa shape index (κ2) is 5.63. The Bertz CT molecular complexity index is 572. The van der Waals surface area contributed by atoms with Crippen LogP contribution in [0.15, 0.2) is 11.6 Å². The van der Waals surface area contributed by atoms with E-state index in [4.69, 9.17) is 4.74 Å². The standard InChI is InChI=1S/C14H20N4OS/c1-10-6-15-17(3)12(10)7-18-4-5-19-8-13(18)14-16-11(2)9-20-14/h6,9,13H,4-5,7-8H2,1-3H3. The largest absolute Gasteiger partial charge is 0.378 e. The molecule has 1 aliphatic heterocycles. The molecule has 1 unspecified atom stereocenters. The fourth-order valence-electron chi connectivity index (χ4n) is 2.57. The van der Waals surface area contributed by atoms with Gasteiger partial charge in [-0.05, 0) is 19.4 Å². The van der Waals surface area contributed by atoms with Crippen LogP contribution in [-0.2, 0) is 18.3 Å². The fraction of sp³-hybridized carbons (Fsp3) is 0.571. The molecule has 0 radical (unpaired) electrons. The van der Waals surface area contributed by atoms with Crippen LogP contribution in [0.3, 0.4) is 0 Å². The van der Waals surface area contributed by atoms with Gasteiger partial charge in [0.1, 0.15) is 5.01 Å². The Morgan fingerprint density at radius 1 is 1.45 bits per heavy atom. The Kier molecular flexibility index (Phi) is 3.87. The van der Waals surface area contributed by atoms with E-state index in [0.29, 0.717) is 0 Å². The minimum absolute atomic E-state index is 0.261. The van der Waals surface area contributed by atoms with Gasteiger partial charge in [-0.1, -0.05) is 0 Å². The average Bonchev–Trinajstić information content (AvgIpc) is 3.00. The normalized spacial score (nSPS) is 20.4. The van der Waals surface area contributed by atoms with Crippen LogP contribution in [0.1, 0.15) is 28.0 Å². The van der Waals surface area contributed by atoms with Gasteiger partial charge in [0, 0.05) is 31.2 Å². The zero-order valence-electron chi connectivity index (χ0n) is 12.2. The summed E-state index contributed by atoms with van der Waals surface area (Å²) in [4.78, 5) is 7.08. The van der Waals surface area contributed by atoms with Gasteiger partial charge in [-0.15, -0.1) is 11.3 Å². The highest BCUT2D eigenvalue weighted by Crippen LogP contribution is 2.28. The van der Waals surface area contributed by atoms with E-state index < -0.39 is 0 Å². The van der Waals surface area contributed by atoms with E-state index in [1.54, 1.807) is 11.3 Å². The second-order valence-electron chi connectivity index (χ2n) is 5.29. The van der Waals surface area contributed by atoms with Gasteiger partial charge in [-0.2, -0.15) is 5.10 Å². The number of hydrogen-bond donors (Lipinski definition) is 0. The maximum absolute atomic E-state index is 5.66. The Morgan fingerprint density at radius 3 is 2.95 bits per heavy atom. The van der Waals surface area contributed by atoms with Crippen molar-refractivity contribution in [3.8, 4) is 0 Å².